The Labute approximate surface area is 207 Å². The van der Waals surface area contributed by atoms with Crippen LogP contribution in [0.3, 0.4) is 0 Å². The maximum atomic E-state index is 10.8. The van der Waals surface area contributed by atoms with Gasteiger partial charge in [-0.2, -0.15) is 0 Å². The van der Waals surface area contributed by atoms with Gasteiger partial charge in [0.05, 0.1) is 6.61 Å². The summed E-state index contributed by atoms with van der Waals surface area (Å²) in [6.45, 7) is 23.4. The fourth-order valence-electron chi connectivity index (χ4n) is 2.33. The lowest BCUT2D eigenvalue weighted by Crippen LogP contribution is -2.04. The zero-order valence-electron chi connectivity index (χ0n) is 22.5. The lowest BCUT2D eigenvalue weighted by molar-refractivity contribution is -0.143. The highest BCUT2D eigenvalue weighted by atomic mass is 16.5. The van der Waals surface area contributed by atoms with Crippen molar-refractivity contribution >= 4 is 17.9 Å². The first-order valence-electron chi connectivity index (χ1n) is 12.0. The van der Waals surface area contributed by atoms with Crippen LogP contribution in [-0.2, 0) is 23.9 Å². The number of rotatable bonds is 15. The fourth-order valence-corrected chi connectivity index (χ4v) is 2.33. The fraction of sp³-hybridized carbons (Fsp3) is 0.607. The van der Waals surface area contributed by atoms with Crippen molar-refractivity contribution in [1.82, 2.24) is 0 Å². The van der Waals surface area contributed by atoms with Gasteiger partial charge >= 0.3 is 11.9 Å². The van der Waals surface area contributed by atoms with Crippen LogP contribution in [0.5, 0.6) is 0 Å². The van der Waals surface area contributed by atoms with Gasteiger partial charge in [-0.3, -0.25) is 14.4 Å². The Kier molecular flexibility index (Phi) is 26.4. The Bertz CT molecular complexity index is 654. The standard InChI is InChI=1S/2C13H22O2.C2H4O2/c2*1-5-13(14)15-10-9-12(4)8-6-7-11(2)3;1-2(3)4/h9H,2,5-8,10H2,1,3-4H3;2,4-10H2,1,3H3;1H3,(H,3,4). The molecule has 0 heterocycles. The zero-order chi connectivity index (χ0) is 26.9. The molecular weight excluding hydrogens is 432 g/mol. The molecule has 0 fully saturated rings. The third-order valence-electron chi connectivity index (χ3n) is 4.28. The first-order chi connectivity index (χ1) is 15.8. The van der Waals surface area contributed by atoms with Gasteiger partial charge in [-0.1, -0.05) is 42.7 Å². The third kappa shape index (κ3) is 36.7. The molecule has 0 atom stereocenters. The Morgan fingerprint density at radius 1 is 0.735 bits per heavy atom. The molecule has 0 bridgehead atoms. The summed E-state index contributed by atoms with van der Waals surface area (Å²) in [4.78, 5) is 30.7. The van der Waals surface area contributed by atoms with Crippen LogP contribution in [0.2, 0.25) is 0 Å². The average molecular weight is 481 g/mol. The summed E-state index contributed by atoms with van der Waals surface area (Å²) in [7, 11) is 0. The van der Waals surface area contributed by atoms with Crippen LogP contribution in [-0.4, -0.2) is 36.2 Å². The van der Waals surface area contributed by atoms with E-state index >= 15 is 0 Å². The molecule has 196 valence electrons. The van der Waals surface area contributed by atoms with E-state index in [-0.39, 0.29) is 11.9 Å². The van der Waals surface area contributed by atoms with Crippen LogP contribution < -0.4 is 0 Å². The van der Waals surface area contributed by atoms with Gasteiger partial charge in [0.15, 0.2) is 0 Å². The van der Waals surface area contributed by atoms with Gasteiger partial charge in [0.1, 0.15) is 6.61 Å². The van der Waals surface area contributed by atoms with Crippen molar-refractivity contribution in [3.8, 4) is 0 Å². The van der Waals surface area contributed by atoms with Gasteiger partial charge in [-0.25, -0.2) is 0 Å². The second-order valence-corrected chi connectivity index (χ2v) is 8.30. The molecule has 6 nitrogen and oxygen atoms in total. The van der Waals surface area contributed by atoms with Gasteiger partial charge in [-0.05, 0) is 65.4 Å². The van der Waals surface area contributed by atoms with Crippen molar-refractivity contribution in [2.75, 3.05) is 13.2 Å². The third-order valence-corrected chi connectivity index (χ3v) is 4.28. The van der Waals surface area contributed by atoms with E-state index in [9.17, 15) is 9.59 Å². The van der Waals surface area contributed by atoms with Crippen molar-refractivity contribution in [3.05, 3.63) is 48.1 Å². The van der Waals surface area contributed by atoms with E-state index in [1.54, 1.807) is 13.8 Å². The molecule has 34 heavy (non-hydrogen) atoms. The number of carboxylic acids is 1. The van der Waals surface area contributed by atoms with E-state index in [0.29, 0.717) is 26.1 Å². The Balaban J connectivity index is -0.000000488. The molecule has 0 aliphatic heterocycles. The molecule has 6 heteroatoms. The number of esters is 2. The maximum Gasteiger partial charge on any atom is 0.305 e. The summed E-state index contributed by atoms with van der Waals surface area (Å²) in [5.41, 5.74) is 4.86. The van der Waals surface area contributed by atoms with E-state index in [1.165, 1.54) is 16.7 Å². The zero-order valence-corrected chi connectivity index (χ0v) is 22.5. The Morgan fingerprint density at radius 3 is 1.62 bits per heavy atom. The highest BCUT2D eigenvalue weighted by Gasteiger charge is 2.00. The van der Waals surface area contributed by atoms with Crippen molar-refractivity contribution in [2.24, 2.45) is 0 Å². The average Bonchev–Trinajstić information content (AvgIpc) is 2.73. The van der Waals surface area contributed by atoms with E-state index in [1.807, 2.05) is 19.9 Å². The Morgan fingerprint density at radius 2 is 1.18 bits per heavy atom. The molecule has 0 aromatic heterocycles. The van der Waals surface area contributed by atoms with Gasteiger partial charge in [0, 0.05) is 26.2 Å². The summed E-state index contributed by atoms with van der Waals surface area (Å²) in [6.07, 6.45) is 10.0. The number of carboxylic acid groups (broad SMARTS) is 1. The molecule has 0 aromatic rings. The van der Waals surface area contributed by atoms with Crippen molar-refractivity contribution in [1.29, 1.82) is 0 Å². The van der Waals surface area contributed by atoms with Gasteiger partial charge in [0.25, 0.3) is 5.97 Å². The molecule has 0 aliphatic carbocycles. The summed E-state index contributed by atoms with van der Waals surface area (Å²) < 4.78 is 9.93. The Hall–Kier alpha value is -2.63. The van der Waals surface area contributed by atoms with E-state index in [2.05, 4.69) is 26.7 Å². The monoisotopic (exact) mass is 480 g/mol. The van der Waals surface area contributed by atoms with Gasteiger partial charge in [0.2, 0.25) is 0 Å². The molecule has 0 aliphatic rings. The summed E-state index contributed by atoms with van der Waals surface area (Å²) in [5.74, 6) is -1.11. The minimum atomic E-state index is -0.833. The van der Waals surface area contributed by atoms with Gasteiger partial charge in [-0.15, -0.1) is 13.2 Å². The molecule has 1 N–H and O–H groups in total. The van der Waals surface area contributed by atoms with Crippen LogP contribution in [0, 0.1) is 0 Å². The summed E-state index contributed by atoms with van der Waals surface area (Å²) in [6, 6.07) is 0. The first-order valence-corrected chi connectivity index (χ1v) is 12.0. The number of aliphatic carboxylic acids is 1. The van der Waals surface area contributed by atoms with E-state index < -0.39 is 5.97 Å². The molecule has 0 spiro atoms. The van der Waals surface area contributed by atoms with Crippen molar-refractivity contribution in [2.45, 2.75) is 99.3 Å². The highest BCUT2D eigenvalue weighted by molar-refractivity contribution is 5.69. The first kappa shape index (κ1) is 35.9. The predicted molar refractivity (Wildman–Crippen MR) is 141 cm³/mol. The lowest BCUT2D eigenvalue weighted by atomic mass is 10.1. The number of allylic oxidation sites excluding steroid dienone is 3. The minimum Gasteiger partial charge on any atom is -0.481 e. The summed E-state index contributed by atoms with van der Waals surface area (Å²) in [5, 5.41) is 7.42. The number of carbonyl (C=O) groups is 3. The molecule has 0 unspecified atom stereocenters. The van der Waals surface area contributed by atoms with Crippen LogP contribution in [0.15, 0.2) is 48.1 Å². The molecular formula is C28H48O6. The number of hydrogen-bond acceptors (Lipinski definition) is 5. The second kappa shape index (κ2) is 25.0. The SMILES string of the molecule is C=C(C)CCCC(=C)CCOC(=O)CC.C=C(C)CCCC(C)=CCOC(=O)CC.CC(=O)O. The molecule has 0 saturated carbocycles. The van der Waals surface area contributed by atoms with Crippen molar-refractivity contribution < 1.29 is 29.0 Å². The highest BCUT2D eigenvalue weighted by Crippen LogP contribution is 2.12. The molecule has 0 rings (SSSR count). The lowest BCUT2D eigenvalue weighted by Gasteiger charge is -2.06. The predicted octanol–water partition coefficient (Wildman–Crippen LogP) is 7.36. The van der Waals surface area contributed by atoms with E-state index in [0.717, 1.165) is 57.4 Å². The molecule has 0 radical (unpaired) electrons. The molecule has 0 aromatic carbocycles. The largest absolute Gasteiger partial charge is 0.481 e. The van der Waals surface area contributed by atoms with Crippen LogP contribution in [0.1, 0.15) is 99.3 Å². The molecule has 0 saturated heterocycles. The topological polar surface area (TPSA) is 89.9 Å². The minimum absolute atomic E-state index is 0.135. The van der Waals surface area contributed by atoms with Crippen LogP contribution in [0.4, 0.5) is 0 Å². The van der Waals surface area contributed by atoms with Gasteiger partial charge < -0.3 is 14.6 Å². The van der Waals surface area contributed by atoms with Crippen molar-refractivity contribution in [3.63, 3.8) is 0 Å². The maximum absolute atomic E-state index is 10.8. The normalized spacial score (nSPS) is 10.0. The number of hydrogen-bond donors (Lipinski definition) is 1. The quantitative estimate of drug-likeness (QED) is 0.195. The van der Waals surface area contributed by atoms with Crippen LogP contribution in [0.25, 0.3) is 0 Å². The molecule has 0 amide bonds. The summed E-state index contributed by atoms with van der Waals surface area (Å²) >= 11 is 0. The van der Waals surface area contributed by atoms with Crippen LogP contribution >= 0.6 is 0 Å². The smallest absolute Gasteiger partial charge is 0.305 e. The second-order valence-electron chi connectivity index (χ2n) is 8.30. The number of ether oxygens (including phenoxy) is 2. The number of carbonyl (C=O) groups excluding carboxylic acids is 2. The van der Waals surface area contributed by atoms with E-state index in [4.69, 9.17) is 19.4 Å².